The summed E-state index contributed by atoms with van der Waals surface area (Å²) < 4.78 is 46.3. The first-order valence-corrected chi connectivity index (χ1v) is 7.47. The van der Waals surface area contributed by atoms with E-state index in [0.717, 1.165) is 6.07 Å². The van der Waals surface area contributed by atoms with Gasteiger partial charge in [-0.25, -0.2) is 4.98 Å². The number of halogens is 3. The van der Waals surface area contributed by atoms with Crippen LogP contribution >= 0.6 is 0 Å². The Kier molecular flexibility index (Phi) is 3.74. The Hall–Kier alpha value is -1.83. The molecule has 1 fully saturated rings. The summed E-state index contributed by atoms with van der Waals surface area (Å²) in [4.78, 5) is 5.61. The first-order chi connectivity index (χ1) is 10.7. The summed E-state index contributed by atoms with van der Waals surface area (Å²) >= 11 is 0. The van der Waals surface area contributed by atoms with Gasteiger partial charge in [-0.1, -0.05) is 20.8 Å². The van der Waals surface area contributed by atoms with Gasteiger partial charge >= 0.3 is 6.18 Å². The molecule has 2 aromatic rings. The minimum atomic E-state index is -4.49. The number of nitrogens with zero attached hydrogens (tertiary/aromatic N) is 4. The van der Waals surface area contributed by atoms with E-state index in [9.17, 15) is 13.2 Å². The first kappa shape index (κ1) is 16.0. The number of rotatable bonds is 1. The van der Waals surface area contributed by atoms with Crippen molar-refractivity contribution < 1.29 is 17.9 Å². The van der Waals surface area contributed by atoms with Gasteiger partial charge < -0.3 is 9.64 Å². The van der Waals surface area contributed by atoms with Gasteiger partial charge in [0.1, 0.15) is 5.82 Å². The van der Waals surface area contributed by atoms with Crippen molar-refractivity contribution in [2.24, 2.45) is 0 Å². The molecule has 1 aliphatic rings. The number of ether oxygens (including phenoxy) is 1. The lowest BCUT2D eigenvalue weighted by Crippen LogP contribution is -2.37. The highest BCUT2D eigenvalue weighted by molar-refractivity contribution is 5.53. The summed E-state index contributed by atoms with van der Waals surface area (Å²) in [5.41, 5.74) is -0.245. The van der Waals surface area contributed by atoms with Crippen molar-refractivity contribution in [1.29, 1.82) is 0 Å². The second kappa shape index (κ2) is 5.36. The molecule has 3 rings (SSSR count). The summed E-state index contributed by atoms with van der Waals surface area (Å²) in [6, 6.07) is 2.69. The van der Waals surface area contributed by atoms with Crippen molar-refractivity contribution in [1.82, 2.24) is 14.6 Å². The fourth-order valence-electron chi connectivity index (χ4n) is 2.49. The van der Waals surface area contributed by atoms with Crippen LogP contribution in [0.3, 0.4) is 0 Å². The molecule has 0 spiro atoms. The second-order valence-corrected chi connectivity index (χ2v) is 6.65. The highest BCUT2D eigenvalue weighted by Gasteiger charge is 2.35. The molecule has 0 N–H and O–H groups in total. The number of hydrogen-bond donors (Lipinski definition) is 0. The second-order valence-electron chi connectivity index (χ2n) is 6.65. The molecule has 0 saturated carbocycles. The van der Waals surface area contributed by atoms with Crippen LogP contribution in [0.1, 0.15) is 32.2 Å². The quantitative estimate of drug-likeness (QED) is 0.807. The van der Waals surface area contributed by atoms with Crippen molar-refractivity contribution in [3.63, 3.8) is 0 Å². The Morgan fingerprint density at radius 1 is 1.04 bits per heavy atom. The summed E-state index contributed by atoms with van der Waals surface area (Å²) in [6.07, 6.45) is -4.49. The lowest BCUT2D eigenvalue weighted by atomic mass is 9.93. The summed E-state index contributed by atoms with van der Waals surface area (Å²) in [5, 5.41) is 4.49. The molecule has 0 amide bonds. The standard InChI is InChI=1S/C15H19F3N4O/c1-14(2,3)10-8-12-19-11(15(16,17)18)9-13(22(12)20-10)21-4-6-23-7-5-21/h8-9H,4-7H2,1-3H3. The normalized spacial score (nSPS) is 17.0. The molecular weight excluding hydrogens is 309 g/mol. The van der Waals surface area contributed by atoms with Crippen LogP contribution < -0.4 is 4.90 Å². The zero-order valence-electron chi connectivity index (χ0n) is 13.3. The average Bonchev–Trinajstić information content (AvgIpc) is 2.90. The van der Waals surface area contributed by atoms with E-state index in [2.05, 4.69) is 10.1 Å². The molecule has 1 saturated heterocycles. The largest absolute Gasteiger partial charge is 0.433 e. The Balaban J connectivity index is 2.19. The molecule has 0 aromatic carbocycles. The zero-order chi connectivity index (χ0) is 16.8. The monoisotopic (exact) mass is 328 g/mol. The number of aromatic nitrogens is 3. The summed E-state index contributed by atoms with van der Waals surface area (Å²) in [7, 11) is 0. The van der Waals surface area contributed by atoms with E-state index < -0.39 is 11.9 Å². The first-order valence-electron chi connectivity index (χ1n) is 7.47. The van der Waals surface area contributed by atoms with Gasteiger partial charge in [0.2, 0.25) is 0 Å². The maximum atomic E-state index is 13.2. The lowest BCUT2D eigenvalue weighted by molar-refractivity contribution is -0.141. The minimum Gasteiger partial charge on any atom is -0.378 e. The molecule has 0 aliphatic carbocycles. The van der Waals surface area contributed by atoms with E-state index >= 15 is 0 Å². The van der Waals surface area contributed by atoms with Gasteiger partial charge in [-0.3, -0.25) is 0 Å². The Labute approximate surface area is 132 Å². The fourth-order valence-corrected chi connectivity index (χ4v) is 2.49. The molecule has 126 valence electrons. The van der Waals surface area contributed by atoms with E-state index in [1.165, 1.54) is 4.52 Å². The van der Waals surface area contributed by atoms with Crippen LogP contribution in [-0.4, -0.2) is 40.9 Å². The molecule has 0 atom stereocenters. The SMILES string of the molecule is CC(C)(C)c1cc2nc(C(F)(F)F)cc(N3CCOCC3)n2n1. The van der Waals surface area contributed by atoms with Crippen LogP contribution in [0, 0.1) is 0 Å². The smallest absolute Gasteiger partial charge is 0.378 e. The van der Waals surface area contributed by atoms with Crippen LogP contribution in [0.25, 0.3) is 5.65 Å². The van der Waals surface area contributed by atoms with E-state index in [-0.39, 0.29) is 11.1 Å². The van der Waals surface area contributed by atoms with Crippen molar-refractivity contribution in [2.45, 2.75) is 32.4 Å². The third kappa shape index (κ3) is 3.12. The third-order valence-electron chi connectivity index (χ3n) is 3.80. The highest BCUT2D eigenvalue weighted by atomic mass is 19.4. The van der Waals surface area contributed by atoms with Gasteiger partial charge in [-0.2, -0.15) is 22.8 Å². The van der Waals surface area contributed by atoms with E-state index in [1.54, 1.807) is 6.07 Å². The third-order valence-corrected chi connectivity index (χ3v) is 3.80. The number of fused-ring (bicyclic) bond motifs is 1. The van der Waals surface area contributed by atoms with Crippen LogP contribution in [0.4, 0.5) is 19.0 Å². The molecular formula is C15H19F3N4O. The maximum Gasteiger partial charge on any atom is 0.433 e. The molecule has 5 nitrogen and oxygen atoms in total. The number of alkyl halides is 3. The molecule has 2 aromatic heterocycles. The fraction of sp³-hybridized carbons (Fsp3) is 0.600. The van der Waals surface area contributed by atoms with Crippen LogP contribution in [0.15, 0.2) is 12.1 Å². The van der Waals surface area contributed by atoms with Crippen molar-refractivity contribution in [3.05, 3.63) is 23.5 Å². The molecule has 1 aliphatic heterocycles. The molecule has 0 radical (unpaired) electrons. The molecule has 3 heterocycles. The van der Waals surface area contributed by atoms with Crippen molar-refractivity contribution in [2.75, 3.05) is 31.2 Å². The highest BCUT2D eigenvalue weighted by Crippen LogP contribution is 2.32. The predicted molar refractivity (Wildman–Crippen MR) is 79.7 cm³/mol. The number of anilines is 1. The Bertz CT molecular complexity index is 712. The predicted octanol–water partition coefficient (Wildman–Crippen LogP) is 2.88. The van der Waals surface area contributed by atoms with E-state index in [1.807, 2.05) is 25.7 Å². The number of hydrogen-bond acceptors (Lipinski definition) is 4. The summed E-state index contributed by atoms with van der Waals surface area (Å²) in [5.74, 6) is 0.404. The van der Waals surface area contributed by atoms with Crippen molar-refractivity contribution >= 4 is 11.5 Å². The number of morpholine rings is 1. The van der Waals surface area contributed by atoms with E-state index in [0.29, 0.717) is 37.8 Å². The van der Waals surface area contributed by atoms with Gasteiger partial charge in [0, 0.05) is 30.6 Å². The maximum absolute atomic E-state index is 13.2. The van der Waals surface area contributed by atoms with Gasteiger partial charge in [0.15, 0.2) is 11.3 Å². The van der Waals surface area contributed by atoms with E-state index in [4.69, 9.17) is 4.74 Å². The Morgan fingerprint density at radius 3 is 2.26 bits per heavy atom. The average molecular weight is 328 g/mol. The zero-order valence-corrected chi connectivity index (χ0v) is 13.3. The van der Waals surface area contributed by atoms with Crippen LogP contribution in [0.2, 0.25) is 0 Å². The van der Waals surface area contributed by atoms with Gasteiger partial charge in [0.05, 0.1) is 18.9 Å². The molecule has 23 heavy (non-hydrogen) atoms. The Morgan fingerprint density at radius 2 is 1.70 bits per heavy atom. The van der Waals surface area contributed by atoms with Gasteiger partial charge in [-0.15, -0.1) is 0 Å². The minimum absolute atomic E-state index is 0.214. The van der Waals surface area contributed by atoms with Crippen molar-refractivity contribution in [3.8, 4) is 0 Å². The molecule has 0 unspecified atom stereocenters. The topological polar surface area (TPSA) is 42.7 Å². The molecule has 0 bridgehead atoms. The molecule has 8 heteroatoms. The lowest BCUT2D eigenvalue weighted by Gasteiger charge is -2.29. The summed E-state index contributed by atoms with van der Waals surface area (Å²) in [6.45, 7) is 7.93. The van der Waals surface area contributed by atoms with Crippen LogP contribution in [0.5, 0.6) is 0 Å². The van der Waals surface area contributed by atoms with Gasteiger partial charge in [0.25, 0.3) is 0 Å². The van der Waals surface area contributed by atoms with Gasteiger partial charge in [-0.05, 0) is 0 Å². The van der Waals surface area contributed by atoms with Crippen LogP contribution in [-0.2, 0) is 16.3 Å².